The van der Waals surface area contributed by atoms with Crippen molar-refractivity contribution >= 4 is 11.7 Å². The summed E-state index contributed by atoms with van der Waals surface area (Å²) in [4.78, 5) is 12.2. The fourth-order valence-electron chi connectivity index (χ4n) is 3.08. The fraction of sp³-hybridized carbons (Fsp3) is 0.316. The Hall–Kier alpha value is -2.40. The summed E-state index contributed by atoms with van der Waals surface area (Å²) in [5.74, 6) is -0.254. The van der Waals surface area contributed by atoms with Crippen molar-refractivity contribution in [2.75, 3.05) is 25.1 Å². The number of nitrogens with one attached hydrogen (secondary N) is 2. The molecule has 0 radical (unpaired) electrons. The van der Waals surface area contributed by atoms with E-state index in [0.29, 0.717) is 19.8 Å². The molecule has 0 unspecified atom stereocenters. The molecule has 1 fully saturated rings. The highest BCUT2D eigenvalue weighted by Gasteiger charge is 2.34. The molecule has 0 atom stereocenters. The average molecular weight is 328 g/mol. The second-order valence-corrected chi connectivity index (χ2v) is 6.07. The van der Waals surface area contributed by atoms with Gasteiger partial charge in [-0.25, -0.2) is 9.18 Å². The Labute approximate surface area is 141 Å². The van der Waals surface area contributed by atoms with Crippen molar-refractivity contribution in [3.05, 3.63) is 66.0 Å². The van der Waals surface area contributed by atoms with E-state index in [4.69, 9.17) is 4.74 Å². The van der Waals surface area contributed by atoms with Gasteiger partial charge in [0.05, 0.1) is 0 Å². The normalized spacial score (nSPS) is 16.4. The first-order chi connectivity index (χ1) is 11.7. The molecule has 2 aromatic carbocycles. The predicted octanol–water partition coefficient (Wildman–Crippen LogP) is 3.70. The van der Waals surface area contributed by atoms with Crippen LogP contribution in [0.25, 0.3) is 0 Å². The smallest absolute Gasteiger partial charge is 0.319 e. The van der Waals surface area contributed by atoms with Crippen molar-refractivity contribution in [1.29, 1.82) is 0 Å². The number of benzene rings is 2. The Morgan fingerprint density at radius 3 is 2.38 bits per heavy atom. The van der Waals surface area contributed by atoms with Crippen LogP contribution in [0.3, 0.4) is 0 Å². The molecule has 3 rings (SSSR count). The van der Waals surface area contributed by atoms with Gasteiger partial charge in [0.25, 0.3) is 0 Å². The lowest BCUT2D eigenvalue weighted by Gasteiger charge is -2.38. The summed E-state index contributed by atoms with van der Waals surface area (Å²) in [6.07, 6.45) is 1.59. The molecule has 1 aliphatic rings. The van der Waals surface area contributed by atoms with Crippen LogP contribution in [-0.2, 0) is 10.2 Å². The number of hydrogen-bond acceptors (Lipinski definition) is 2. The molecule has 0 aliphatic carbocycles. The van der Waals surface area contributed by atoms with Crippen LogP contribution >= 0.6 is 0 Å². The number of urea groups is 1. The van der Waals surface area contributed by atoms with Crippen LogP contribution < -0.4 is 10.6 Å². The zero-order valence-electron chi connectivity index (χ0n) is 13.4. The zero-order chi connectivity index (χ0) is 16.8. The molecular weight excluding hydrogens is 307 g/mol. The van der Waals surface area contributed by atoms with E-state index in [0.717, 1.165) is 24.1 Å². The fourth-order valence-corrected chi connectivity index (χ4v) is 3.08. The standard InChI is InChI=1S/C19H21FN2O2/c20-16-8-6-15(7-9-16)19(10-12-24-13-11-19)14-21-18(23)22-17-4-2-1-3-5-17/h1-9H,10-14H2,(H2,21,22,23). The van der Waals surface area contributed by atoms with Gasteiger partial charge in [0.1, 0.15) is 5.82 Å². The second-order valence-electron chi connectivity index (χ2n) is 6.07. The molecule has 2 N–H and O–H groups in total. The molecule has 0 bridgehead atoms. The van der Waals surface area contributed by atoms with Crippen molar-refractivity contribution < 1.29 is 13.9 Å². The van der Waals surface area contributed by atoms with Gasteiger partial charge in [-0.15, -0.1) is 0 Å². The topological polar surface area (TPSA) is 50.4 Å². The quantitative estimate of drug-likeness (QED) is 0.899. The molecule has 4 nitrogen and oxygen atoms in total. The molecule has 2 amide bonds. The van der Waals surface area contributed by atoms with Gasteiger partial charge in [-0.3, -0.25) is 0 Å². The first kappa shape index (κ1) is 16.5. The Morgan fingerprint density at radius 2 is 1.71 bits per heavy atom. The molecular formula is C19H21FN2O2. The summed E-state index contributed by atoms with van der Waals surface area (Å²) in [5, 5.41) is 5.77. The minimum Gasteiger partial charge on any atom is -0.381 e. The molecule has 2 aromatic rings. The third-order valence-electron chi connectivity index (χ3n) is 4.53. The highest BCUT2D eigenvalue weighted by atomic mass is 19.1. The van der Waals surface area contributed by atoms with E-state index >= 15 is 0 Å². The van der Waals surface area contributed by atoms with E-state index in [1.54, 1.807) is 12.1 Å². The number of ether oxygens (including phenoxy) is 1. The number of carbonyl (C=O) groups is 1. The summed E-state index contributed by atoms with van der Waals surface area (Å²) in [6.45, 7) is 1.76. The van der Waals surface area contributed by atoms with E-state index in [2.05, 4.69) is 10.6 Å². The summed E-state index contributed by atoms with van der Waals surface area (Å²) in [7, 11) is 0. The van der Waals surface area contributed by atoms with Crippen LogP contribution in [0.2, 0.25) is 0 Å². The van der Waals surface area contributed by atoms with Gasteiger partial charge >= 0.3 is 6.03 Å². The molecule has 1 saturated heterocycles. The Morgan fingerprint density at radius 1 is 1.04 bits per heavy atom. The Balaban J connectivity index is 1.68. The summed E-state index contributed by atoms with van der Waals surface area (Å²) in [5.41, 5.74) is 1.56. The van der Waals surface area contributed by atoms with Gasteiger partial charge < -0.3 is 15.4 Å². The highest BCUT2D eigenvalue weighted by molar-refractivity contribution is 5.89. The van der Waals surface area contributed by atoms with E-state index in [9.17, 15) is 9.18 Å². The van der Waals surface area contributed by atoms with Crippen LogP contribution in [0.5, 0.6) is 0 Å². The van der Waals surface area contributed by atoms with Gasteiger partial charge in [-0.05, 0) is 42.7 Å². The lowest BCUT2D eigenvalue weighted by Crippen LogP contribution is -2.45. The van der Waals surface area contributed by atoms with Gasteiger partial charge in [-0.2, -0.15) is 0 Å². The van der Waals surface area contributed by atoms with Crippen molar-refractivity contribution in [3.8, 4) is 0 Å². The minimum atomic E-state index is -0.254. The first-order valence-electron chi connectivity index (χ1n) is 8.12. The molecule has 1 aliphatic heterocycles. The van der Waals surface area contributed by atoms with Crippen LogP contribution in [-0.4, -0.2) is 25.8 Å². The first-order valence-corrected chi connectivity index (χ1v) is 8.12. The third-order valence-corrected chi connectivity index (χ3v) is 4.53. The number of anilines is 1. The zero-order valence-corrected chi connectivity index (χ0v) is 13.4. The lowest BCUT2D eigenvalue weighted by atomic mass is 9.74. The van der Waals surface area contributed by atoms with Crippen LogP contribution in [0.15, 0.2) is 54.6 Å². The largest absolute Gasteiger partial charge is 0.381 e. The Bertz CT molecular complexity index is 668. The summed E-state index contributed by atoms with van der Waals surface area (Å²) < 4.78 is 18.7. The van der Waals surface area contributed by atoms with Crippen molar-refractivity contribution in [2.45, 2.75) is 18.3 Å². The number of amides is 2. The van der Waals surface area contributed by atoms with E-state index in [1.807, 2.05) is 30.3 Å². The molecule has 5 heteroatoms. The average Bonchev–Trinajstić information content (AvgIpc) is 2.62. The number of para-hydroxylation sites is 1. The molecule has 0 spiro atoms. The van der Waals surface area contributed by atoms with Crippen LogP contribution in [0.1, 0.15) is 18.4 Å². The minimum absolute atomic E-state index is 0.222. The summed E-state index contributed by atoms with van der Waals surface area (Å²) >= 11 is 0. The molecule has 1 heterocycles. The monoisotopic (exact) mass is 328 g/mol. The van der Waals surface area contributed by atoms with Crippen molar-refractivity contribution in [1.82, 2.24) is 5.32 Å². The third kappa shape index (κ3) is 3.92. The second kappa shape index (κ2) is 7.45. The molecule has 0 aromatic heterocycles. The van der Waals surface area contributed by atoms with Gasteiger partial charge in [0.2, 0.25) is 0 Å². The maximum Gasteiger partial charge on any atom is 0.319 e. The molecule has 126 valence electrons. The lowest BCUT2D eigenvalue weighted by molar-refractivity contribution is 0.0508. The number of rotatable bonds is 4. The van der Waals surface area contributed by atoms with Gasteiger partial charge in [0.15, 0.2) is 0 Å². The maximum atomic E-state index is 13.2. The molecule has 0 saturated carbocycles. The van der Waals surface area contributed by atoms with E-state index in [-0.39, 0.29) is 17.3 Å². The van der Waals surface area contributed by atoms with Crippen LogP contribution in [0.4, 0.5) is 14.9 Å². The number of hydrogen-bond donors (Lipinski definition) is 2. The Kier molecular flexibility index (Phi) is 5.11. The van der Waals surface area contributed by atoms with E-state index < -0.39 is 0 Å². The van der Waals surface area contributed by atoms with Crippen LogP contribution in [0, 0.1) is 5.82 Å². The van der Waals surface area contributed by atoms with Crippen molar-refractivity contribution in [2.24, 2.45) is 0 Å². The predicted molar refractivity (Wildman–Crippen MR) is 91.6 cm³/mol. The van der Waals surface area contributed by atoms with Crippen molar-refractivity contribution in [3.63, 3.8) is 0 Å². The maximum absolute atomic E-state index is 13.2. The summed E-state index contributed by atoms with van der Waals surface area (Å²) in [6, 6.07) is 15.6. The van der Waals surface area contributed by atoms with Gasteiger partial charge in [0, 0.05) is 30.9 Å². The SMILES string of the molecule is O=C(NCC1(c2ccc(F)cc2)CCOCC1)Nc1ccccc1. The highest BCUT2D eigenvalue weighted by Crippen LogP contribution is 2.34. The van der Waals surface area contributed by atoms with Gasteiger partial charge in [-0.1, -0.05) is 30.3 Å². The van der Waals surface area contributed by atoms with E-state index in [1.165, 1.54) is 12.1 Å². The molecule has 24 heavy (non-hydrogen) atoms. The number of halogens is 1. The number of carbonyl (C=O) groups excluding carboxylic acids is 1.